The van der Waals surface area contributed by atoms with Crippen LogP contribution in [-0.2, 0) is 0 Å². The zero-order valence-electron chi connectivity index (χ0n) is 11.5. The molecular formula is C15H30. The smallest absolute Gasteiger partial charge is 0.0272 e. The van der Waals surface area contributed by atoms with E-state index >= 15 is 0 Å². The Balaban J connectivity index is 2.82. The van der Waals surface area contributed by atoms with E-state index in [0.29, 0.717) is 5.41 Å². The van der Waals surface area contributed by atoms with Gasteiger partial charge in [-0.2, -0.15) is 0 Å². The number of hydrogen-bond acceptors (Lipinski definition) is 0. The fourth-order valence-corrected chi connectivity index (χ4v) is 4.18. The van der Waals surface area contributed by atoms with Gasteiger partial charge in [0.25, 0.3) is 0 Å². The summed E-state index contributed by atoms with van der Waals surface area (Å²) in [6.45, 7) is 12.0. The number of rotatable bonds is 5. The fourth-order valence-electron chi connectivity index (χ4n) is 4.18. The van der Waals surface area contributed by atoms with Crippen molar-refractivity contribution in [3.8, 4) is 0 Å². The van der Waals surface area contributed by atoms with Crippen molar-refractivity contribution in [1.82, 2.24) is 0 Å². The van der Waals surface area contributed by atoms with Crippen LogP contribution in [0.2, 0.25) is 0 Å². The molecule has 15 heavy (non-hydrogen) atoms. The van der Waals surface area contributed by atoms with Gasteiger partial charge < -0.3 is 0 Å². The third kappa shape index (κ3) is 2.40. The summed E-state index contributed by atoms with van der Waals surface area (Å²) >= 11 is 0. The molecule has 1 saturated carbocycles. The molecule has 0 aliphatic heterocycles. The molecule has 0 saturated heterocycles. The molecule has 1 aliphatic carbocycles. The van der Waals surface area contributed by atoms with Crippen LogP contribution in [-0.4, -0.2) is 0 Å². The first-order chi connectivity index (χ1) is 7.11. The molecule has 2 atom stereocenters. The second kappa shape index (κ2) is 5.37. The van der Waals surface area contributed by atoms with Gasteiger partial charge in [-0.1, -0.05) is 60.3 Å². The van der Waals surface area contributed by atoms with Crippen LogP contribution >= 0.6 is 0 Å². The van der Waals surface area contributed by atoms with Crippen LogP contribution in [0.4, 0.5) is 0 Å². The van der Waals surface area contributed by atoms with E-state index in [1.54, 1.807) is 0 Å². The van der Waals surface area contributed by atoms with E-state index in [2.05, 4.69) is 34.6 Å². The normalized spacial score (nSPS) is 27.2. The largest absolute Gasteiger partial charge is 0.0651 e. The molecule has 0 heteroatoms. The Bertz CT molecular complexity index is 176. The van der Waals surface area contributed by atoms with Crippen molar-refractivity contribution in [3.63, 3.8) is 0 Å². The molecule has 0 radical (unpaired) electrons. The van der Waals surface area contributed by atoms with Gasteiger partial charge in [-0.25, -0.2) is 0 Å². The van der Waals surface area contributed by atoms with Crippen molar-refractivity contribution in [1.29, 1.82) is 0 Å². The van der Waals surface area contributed by atoms with Gasteiger partial charge in [0.1, 0.15) is 0 Å². The highest BCUT2D eigenvalue weighted by atomic mass is 14.5. The predicted molar refractivity (Wildman–Crippen MR) is 69.0 cm³/mol. The van der Waals surface area contributed by atoms with Gasteiger partial charge in [0.2, 0.25) is 0 Å². The summed E-state index contributed by atoms with van der Waals surface area (Å²) in [5.41, 5.74) is 0.699. The summed E-state index contributed by atoms with van der Waals surface area (Å²) in [5.74, 6) is 2.85. The Labute approximate surface area is 96.8 Å². The molecular weight excluding hydrogens is 180 g/mol. The lowest BCUT2D eigenvalue weighted by atomic mass is 9.65. The van der Waals surface area contributed by atoms with Gasteiger partial charge in [0.15, 0.2) is 0 Å². The van der Waals surface area contributed by atoms with Crippen LogP contribution in [0.15, 0.2) is 0 Å². The molecule has 0 aromatic rings. The first-order valence-electron chi connectivity index (χ1n) is 7.11. The molecule has 0 bridgehead atoms. The van der Waals surface area contributed by atoms with Gasteiger partial charge in [-0.3, -0.25) is 0 Å². The van der Waals surface area contributed by atoms with Crippen LogP contribution in [0, 0.1) is 23.2 Å². The van der Waals surface area contributed by atoms with Crippen molar-refractivity contribution in [2.45, 2.75) is 73.1 Å². The van der Waals surface area contributed by atoms with E-state index < -0.39 is 0 Å². The standard InChI is InChI=1S/C15H30/c1-6-13(12(4)5)14-10-9-11-15(14,7-2)8-3/h12-14H,6-11H2,1-5H3. The molecule has 0 spiro atoms. The zero-order chi connectivity index (χ0) is 11.5. The minimum atomic E-state index is 0.699. The topological polar surface area (TPSA) is 0 Å². The monoisotopic (exact) mass is 210 g/mol. The van der Waals surface area contributed by atoms with Crippen molar-refractivity contribution in [2.75, 3.05) is 0 Å². The van der Waals surface area contributed by atoms with Crippen molar-refractivity contribution in [2.24, 2.45) is 23.2 Å². The van der Waals surface area contributed by atoms with Gasteiger partial charge in [-0.15, -0.1) is 0 Å². The van der Waals surface area contributed by atoms with E-state index in [4.69, 9.17) is 0 Å². The van der Waals surface area contributed by atoms with Crippen molar-refractivity contribution >= 4 is 0 Å². The molecule has 0 N–H and O–H groups in total. The van der Waals surface area contributed by atoms with Crippen LogP contribution in [0.5, 0.6) is 0 Å². The molecule has 90 valence electrons. The maximum absolute atomic E-state index is 2.42. The molecule has 0 aromatic heterocycles. The van der Waals surface area contributed by atoms with E-state index in [1.165, 1.54) is 38.5 Å². The van der Waals surface area contributed by atoms with Gasteiger partial charge in [0, 0.05) is 0 Å². The van der Waals surface area contributed by atoms with Gasteiger partial charge in [0.05, 0.1) is 0 Å². The van der Waals surface area contributed by atoms with E-state index in [-0.39, 0.29) is 0 Å². The van der Waals surface area contributed by atoms with Crippen LogP contribution < -0.4 is 0 Å². The highest BCUT2D eigenvalue weighted by molar-refractivity contribution is 4.93. The minimum absolute atomic E-state index is 0.699. The summed E-state index contributed by atoms with van der Waals surface area (Å²) in [6, 6.07) is 0. The molecule has 0 heterocycles. The number of hydrogen-bond donors (Lipinski definition) is 0. The Morgan fingerprint density at radius 3 is 2.13 bits per heavy atom. The minimum Gasteiger partial charge on any atom is -0.0651 e. The average Bonchev–Trinajstić information content (AvgIpc) is 2.63. The molecule has 0 nitrogen and oxygen atoms in total. The molecule has 2 unspecified atom stereocenters. The van der Waals surface area contributed by atoms with E-state index in [9.17, 15) is 0 Å². The second-order valence-corrected chi connectivity index (χ2v) is 5.88. The van der Waals surface area contributed by atoms with Crippen LogP contribution in [0.3, 0.4) is 0 Å². The van der Waals surface area contributed by atoms with Gasteiger partial charge in [-0.05, 0) is 36.0 Å². The Kier molecular flexibility index (Phi) is 4.67. The zero-order valence-corrected chi connectivity index (χ0v) is 11.5. The lowest BCUT2D eigenvalue weighted by Crippen LogP contribution is -2.32. The highest BCUT2D eigenvalue weighted by Gasteiger charge is 2.43. The van der Waals surface area contributed by atoms with Crippen LogP contribution in [0.1, 0.15) is 73.1 Å². The molecule has 1 fully saturated rings. The van der Waals surface area contributed by atoms with E-state index in [0.717, 1.165) is 17.8 Å². The Morgan fingerprint density at radius 1 is 1.13 bits per heavy atom. The summed E-state index contributed by atoms with van der Waals surface area (Å²) < 4.78 is 0. The Hall–Kier alpha value is 0. The summed E-state index contributed by atoms with van der Waals surface area (Å²) in [5, 5.41) is 0. The molecule has 1 rings (SSSR count). The third-order valence-corrected chi connectivity index (χ3v) is 5.23. The summed E-state index contributed by atoms with van der Waals surface area (Å²) in [6.07, 6.45) is 8.65. The van der Waals surface area contributed by atoms with E-state index in [1.807, 2.05) is 0 Å². The average molecular weight is 210 g/mol. The lowest BCUT2D eigenvalue weighted by molar-refractivity contribution is 0.0923. The van der Waals surface area contributed by atoms with Crippen LogP contribution in [0.25, 0.3) is 0 Å². The maximum atomic E-state index is 2.42. The molecule has 0 amide bonds. The quantitative estimate of drug-likeness (QED) is 0.579. The lowest BCUT2D eigenvalue weighted by Gasteiger charge is -2.40. The summed E-state index contributed by atoms with van der Waals surface area (Å²) in [7, 11) is 0. The first kappa shape index (κ1) is 13.1. The first-order valence-corrected chi connectivity index (χ1v) is 7.11. The second-order valence-electron chi connectivity index (χ2n) is 5.88. The Morgan fingerprint density at radius 2 is 1.73 bits per heavy atom. The third-order valence-electron chi connectivity index (χ3n) is 5.23. The maximum Gasteiger partial charge on any atom is -0.0272 e. The van der Waals surface area contributed by atoms with Crippen molar-refractivity contribution in [3.05, 3.63) is 0 Å². The molecule has 0 aromatic carbocycles. The predicted octanol–water partition coefficient (Wildman–Crippen LogP) is 5.28. The fraction of sp³-hybridized carbons (Fsp3) is 1.00. The molecule has 1 aliphatic rings. The summed E-state index contributed by atoms with van der Waals surface area (Å²) in [4.78, 5) is 0. The van der Waals surface area contributed by atoms with Gasteiger partial charge >= 0.3 is 0 Å². The highest BCUT2D eigenvalue weighted by Crippen LogP contribution is 2.53. The van der Waals surface area contributed by atoms with Crippen molar-refractivity contribution < 1.29 is 0 Å². The SMILES string of the molecule is CCC(C(C)C)C1CCCC1(CC)CC.